The van der Waals surface area contributed by atoms with Crippen molar-refractivity contribution in [3.05, 3.63) is 60.4 Å². The Morgan fingerprint density at radius 2 is 1.90 bits per heavy atom. The van der Waals surface area contributed by atoms with Crippen molar-refractivity contribution in [2.45, 2.75) is 0 Å². The second-order valence-electron chi connectivity index (χ2n) is 4.31. The van der Waals surface area contributed by atoms with Gasteiger partial charge in [-0.05, 0) is 24.3 Å². The molecule has 0 spiro atoms. The first-order chi connectivity index (χ1) is 9.74. The Morgan fingerprint density at radius 1 is 1.05 bits per heavy atom. The Bertz CT molecular complexity index is 763. The second kappa shape index (κ2) is 4.97. The highest BCUT2D eigenvalue weighted by atomic mass is 16.1. The number of carbonyl (C=O) groups is 1. The molecule has 2 aromatic heterocycles. The predicted octanol–water partition coefficient (Wildman–Crippen LogP) is 2.46. The van der Waals surface area contributed by atoms with E-state index in [9.17, 15) is 4.79 Å². The molecule has 1 aromatic carbocycles. The maximum atomic E-state index is 12.3. The SMILES string of the molecule is Nc1ccc(NC(=O)c2ccnc3ccccc23)nc1. The van der Waals surface area contributed by atoms with Crippen LogP contribution < -0.4 is 11.1 Å². The number of pyridine rings is 2. The van der Waals surface area contributed by atoms with Gasteiger partial charge in [0.15, 0.2) is 0 Å². The topological polar surface area (TPSA) is 80.9 Å². The number of carbonyl (C=O) groups excluding carboxylic acids is 1. The number of para-hydroxylation sites is 1. The van der Waals surface area contributed by atoms with Gasteiger partial charge in [-0.15, -0.1) is 0 Å². The largest absolute Gasteiger partial charge is 0.397 e. The molecule has 0 saturated heterocycles. The Balaban J connectivity index is 1.94. The molecule has 0 aliphatic heterocycles. The van der Waals surface area contributed by atoms with Gasteiger partial charge in [-0.25, -0.2) is 4.98 Å². The molecule has 3 N–H and O–H groups in total. The fraction of sp³-hybridized carbons (Fsp3) is 0. The molecule has 0 atom stereocenters. The molecule has 0 aliphatic carbocycles. The lowest BCUT2D eigenvalue weighted by Gasteiger charge is -2.07. The van der Waals surface area contributed by atoms with Gasteiger partial charge in [0.25, 0.3) is 5.91 Å². The van der Waals surface area contributed by atoms with Crippen molar-refractivity contribution < 1.29 is 4.79 Å². The fourth-order valence-electron chi connectivity index (χ4n) is 1.96. The van der Waals surface area contributed by atoms with E-state index in [1.165, 1.54) is 6.20 Å². The highest BCUT2D eigenvalue weighted by Gasteiger charge is 2.10. The zero-order valence-corrected chi connectivity index (χ0v) is 10.6. The molecule has 3 aromatic rings. The summed E-state index contributed by atoms with van der Waals surface area (Å²) >= 11 is 0. The molecule has 0 radical (unpaired) electrons. The first-order valence-corrected chi connectivity index (χ1v) is 6.11. The van der Waals surface area contributed by atoms with Crippen molar-refractivity contribution in [3.8, 4) is 0 Å². The molecule has 3 rings (SSSR count). The molecule has 0 fully saturated rings. The molecule has 1 amide bonds. The number of anilines is 2. The monoisotopic (exact) mass is 264 g/mol. The van der Waals surface area contributed by atoms with Crippen LogP contribution in [0.3, 0.4) is 0 Å². The molecule has 2 heterocycles. The summed E-state index contributed by atoms with van der Waals surface area (Å²) in [6.45, 7) is 0. The first kappa shape index (κ1) is 12.1. The van der Waals surface area contributed by atoms with E-state index in [2.05, 4.69) is 15.3 Å². The van der Waals surface area contributed by atoms with Gasteiger partial charge in [-0.3, -0.25) is 9.78 Å². The van der Waals surface area contributed by atoms with Gasteiger partial charge in [0, 0.05) is 11.6 Å². The lowest BCUT2D eigenvalue weighted by molar-refractivity contribution is 0.102. The summed E-state index contributed by atoms with van der Waals surface area (Å²) in [7, 11) is 0. The van der Waals surface area contributed by atoms with Crippen LogP contribution in [0, 0.1) is 0 Å². The van der Waals surface area contributed by atoms with E-state index in [-0.39, 0.29) is 5.91 Å². The fourth-order valence-corrected chi connectivity index (χ4v) is 1.96. The quantitative estimate of drug-likeness (QED) is 0.745. The van der Waals surface area contributed by atoms with Crippen LogP contribution in [0.4, 0.5) is 11.5 Å². The maximum Gasteiger partial charge on any atom is 0.257 e. The van der Waals surface area contributed by atoms with Crippen molar-refractivity contribution in [1.82, 2.24) is 9.97 Å². The van der Waals surface area contributed by atoms with Crippen LogP contribution in [0.25, 0.3) is 10.9 Å². The number of nitrogens with two attached hydrogens (primary N) is 1. The van der Waals surface area contributed by atoms with E-state index < -0.39 is 0 Å². The number of nitrogen functional groups attached to an aromatic ring is 1. The summed E-state index contributed by atoms with van der Waals surface area (Å²) in [5.74, 6) is 0.242. The van der Waals surface area contributed by atoms with Crippen molar-refractivity contribution in [1.29, 1.82) is 0 Å². The van der Waals surface area contributed by atoms with Crippen LogP contribution in [0.2, 0.25) is 0 Å². The molecule has 0 bridgehead atoms. The zero-order valence-electron chi connectivity index (χ0n) is 10.6. The van der Waals surface area contributed by atoms with E-state index >= 15 is 0 Å². The minimum Gasteiger partial charge on any atom is -0.397 e. The van der Waals surface area contributed by atoms with Gasteiger partial charge in [0.2, 0.25) is 0 Å². The summed E-state index contributed by atoms with van der Waals surface area (Å²) in [6, 6.07) is 12.5. The van der Waals surface area contributed by atoms with Crippen LogP contribution >= 0.6 is 0 Å². The summed E-state index contributed by atoms with van der Waals surface area (Å²) in [5, 5.41) is 3.55. The highest BCUT2D eigenvalue weighted by Crippen LogP contribution is 2.17. The number of benzene rings is 1. The lowest BCUT2D eigenvalue weighted by atomic mass is 10.1. The predicted molar refractivity (Wildman–Crippen MR) is 78.3 cm³/mol. The minimum atomic E-state index is -0.221. The number of aromatic nitrogens is 2. The summed E-state index contributed by atoms with van der Waals surface area (Å²) in [5.41, 5.74) is 7.46. The van der Waals surface area contributed by atoms with E-state index in [0.29, 0.717) is 17.1 Å². The number of nitrogens with zero attached hydrogens (tertiary/aromatic N) is 2. The van der Waals surface area contributed by atoms with Crippen LogP contribution in [-0.2, 0) is 0 Å². The van der Waals surface area contributed by atoms with E-state index in [1.807, 2.05) is 24.3 Å². The van der Waals surface area contributed by atoms with Crippen LogP contribution in [0.5, 0.6) is 0 Å². The minimum absolute atomic E-state index is 0.221. The Kier molecular flexibility index (Phi) is 3.01. The third-order valence-corrected chi connectivity index (χ3v) is 2.92. The average Bonchev–Trinajstić information content (AvgIpc) is 2.49. The highest BCUT2D eigenvalue weighted by molar-refractivity contribution is 6.11. The molecule has 5 nitrogen and oxygen atoms in total. The normalized spacial score (nSPS) is 10.4. The lowest BCUT2D eigenvalue weighted by Crippen LogP contribution is -2.13. The summed E-state index contributed by atoms with van der Waals surface area (Å²) in [4.78, 5) is 20.6. The molecule has 5 heteroatoms. The summed E-state index contributed by atoms with van der Waals surface area (Å²) < 4.78 is 0. The zero-order chi connectivity index (χ0) is 13.9. The Labute approximate surface area is 115 Å². The number of hydrogen-bond acceptors (Lipinski definition) is 4. The first-order valence-electron chi connectivity index (χ1n) is 6.11. The standard InChI is InChI=1S/C15H12N4O/c16-10-5-6-14(18-9-10)19-15(20)12-7-8-17-13-4-2-1-3-11(12)13/h1-9H,16H2,(H,18,19,20). The van der Waals surface area contributed by atoms with Crippen LogP contribution in [0.15, 0.2) is 54.9 Å². The molecular formula is C15H12N4O. The van der Waals surface area contributed by atoms with E-state index in [1.54, 1.807) is 24.4 Å². The number of hydrogen-bond donors (Lipinski definition) is 2. The molecule has 20 heavy (non-hydrogen) atoms. The number of amides is 1. The molecule has 98 valence electrons. The van der Waals surface area contributed by atoms with E-state index in [4.69, 9.17) is 5.73 Å². The molecule has 0 saturated carbocycles. The number of nitrogens with one attached hydrogen (secondary N) is 1. The second-order valence-corrected chi connectivity index (χ2v) is 4.31. The van der Waals surface area contributed by atoms with Crippen LogP contribution in [-0.4, -0.2) is 15.9 Å². The van der Waals surface area contributed by atoms with Crippen molar-refractivity contribution >= 4 is 28.3 Å². The average molecular weight is 264 g/mol. The summed E-state index contributed by atoms with van der Waals surface area (Å²) in [6.07, 6.45) is 3.12. The maximum absolute atomic E-state index is 12.3. The van der Waals surface area contributed by atoms with Crippen molar-refractivity contribution in [3.63, 3.8) is 0 Å². The van der Waals surface area contributed by atoms with Crippen LogP contribution in [0.1, 0.15) is 10.4 Å². The van der Waals surface area contributed by atoms with E-state index in [0.717, 1.165) is 10.9 Å². The Hall–Kier alpha value is -2.95. The third kappa shape index (κ3) is 2.29. The molecule has 0 unspecified atom stereocenters. The molecular weight excluding hydrogens is 252 g/mol. The van der Waals surface area contributed by atoms with Crippen molar-refractivity contribution in [2.24, 2.45) is 0 Å². The van der Waals surface area contributed by atoms with Gasteiger partial charge in [0.05, 0.1) is 23.0 Å². The Morgan fingerprint density at radius 3 is 2.70 bits per heavy atom. The van der Waals surface area contributed by atoms with Gasteiger partial charge in [-0.1, -0.05) is 18.2 Å². The third-order valence-electron chi connectivity index (χ3n) is 2.92. The van der Waals surface area contributed by atoms with Gasteiger partial charge in [0.1, 0.15) is 5.82 Å². The number of rotatable bonds is 2. The van der Waals surface area contributed by atoms with Gasteiger partial charge in [-0.2, -0.15) is 0 Å². The number of fused-ring (bicyclic) bond motifs is 1. The van der Waals surface area contributed by atoms with Crippen molar-refractivity contribution in [2.75, 3.05) is 11.1 Å². The molecule has 0 aliphatic rings. The smallest absolute Gasteiger partial charge is 0.257 e. The van der Waals surface area contributed by atoms with Gasteiger partial charge < -0.3 is 11.1 Å². The van der Waals surface area contributed by atoms with Gasteiger partial charge >= 0.3 is 0 Å².